The van der Waals surface area contributed by atoms with Crippen molar-refractivity contribution in [1.29, 1.82) is 0 Å². The topological polar surface area (TPSA) is 89.9 Å². The zero-order valence-electron chi connectivity index (χ0n) is 9.80. The summed E-state index contributed by atoms with van der Waals surface area (Å²) in [6.45, 7) is 0. The Hall–Kier alpha value is -2.76. The van der Waals surface area contributed by atoms with Gasteiger partial charge in [-0.3, -0.25) is 4.79 Å². The molecule has 0 bridgehead atoms. The van der Waals surface area contributed by atoms with E-state index >= 15 is 0 Å². The molecule has 6 heteroatoms. The van der Waals surface area contributed by atoms with Crippen molar-refractivity contribution in [1.82, 2.24) is 0 Å². The van der Waals surface area contributed by atoms with Crippen molar-refractivity contribution in [2.75, 3.05) is 7.11 Å². The van der Waals surface area contributed by atoms with E-state index in [2.05, 4.69) is 0 Å². The van der Waals surface area contributed by atoms with Crippen molar-refractivity contribution in [2.45, 2.75) is 0 Å². The number of hydrogen-bond donors (Lipinski definition) is 1. The fraction of sp³-hybridized carbons (Fsp3) is 0.0769. The minimum absolute atomic E-state index is 0.0902. The fourth-order valence-electron chi connectivity index (χ4n) is 2.07. The van der Waals surface area contributed by atoms with Crippen LogP contribution in [0.1, 0.15) is 10.4 Å². The van der Waals surface area contributed by atoms with Crippen LogP contribution >= 0.6 is 0 Å². The molecule has 2 aromatic heterocycles. The Morgan fingerprint density at radius 3 is 2.84 bits per heavy atom. The van der Waals surface area contributed by atoms with E-state index in [0.717, 1.165) is 0 Å². The molecule has 3 rings (SSSR count). The van der Waals surface area contributed by atoms with E-state index in [-0.39, 0.29) is 23.0 Å². The van der Waals surface area contributed by atoms with Crippen LogP contribution in [0.4, 0.5) is 0 Å². The SMILES string of the molecule is COc1c2ccoc2cc2oc(=O)c(C=O)c(O)c12. The number of hydrogen-bond acceptors (Lipinski definition) is 6. The number of methoxy groups -OCH3 is 1. The van der Waals surface area contributed by atoms with Gasteiger partial charge in [0, 0.05) is 6.07 Å². The van der Waals surface area contributed by atoms with E-state index in [9.17, 15) is 14.7 Å². The van der Waals surface area contributed by atoms with Gasteiger partial charge in [-0.15, -0.1) is 0 Å². The summed E-state index contributed by atoms with van der Waals surface area (Å²) in [6, 6.07) is 3.11. The minimum atomic E-state index is -0.909. The van der Waals surface area contributed by atoms with Crippen LogP contribution in [0.5, 0.6) is 11.5 Å². The van der Waals surface area contributed by atoms with E-state index < -0.39 is 16.9 Å². The van der Waals surface area contributed by atoms with E-state index in [1.54, 1.807) is 6.07 Å². The molecule has 0 spiro atoms. The molecule has 0 aliphatic heterocycles. The molecule has 0 aliphatic rings. The molecule has 0 unspecified atom stereocenters. The molecule has 0 fully saturated rings. The quantitative estimate of drug-likeness (QED) is 0.560. The molecule has 0 amide bonds. The lowest BCUT2D eigenvalue weighted by Crippen LogP contribution is -2.07. The highest BCUT2D eigenvalue weighted by atomic mass is 16.5. The number of furan rings is 1. The molecule has 0 radical (unpaired) electrons. The summed E-state index contributed by atoms with van der Waals surface area (Å²) in [5, 5.41) is 10.8. The molecule has 6 nitrogen and oxygen atoms in total. The van der Waals surface area contributed by atoms with Crippen LogP contribution < -0.4 is 10.4 Å². The Morgan fingerprint density at radius 1 is 1.37 bits per heavy atom. The first-order chi connectivity index (χ1) is 9.17. The monoisotopic (exact) mass is 260 g/mol. The second-order valence-corrected chi connectivity index (χ2v) is 3.89. The smallest absolute Gasteiger partial charge is 0.350 e. The Labute approximate surface area is 105 Å². The summed E-state index contributed by atoms with van der Waals surface area (Å²) >= 11 is 0. The van der Waals surface area contributed by atoms with Gasteiger partial charge in [0.05, 0.1) is 18.8 Å². The lowest BCUT2D eigenvalue weighted by Gasteiger charge is -2.08. The Balaban J connectivity index is 2.63. The number of carbonyl (C=O) groups is 1. The molecule has 0 saturated carbocycles. The molecule has 19 heavy (non-hydrogen) atoms. The van der Waals surface area contributed by atoms with Crippen LogP contribution in [0.2, 0.25) is 0 Å². The average molecular weight is 260 g/mol. The molecule has 1 N–H and O–H groups in total. The van der Waals surface area contributed by atoms with Crippen molar-refractivity contribution in [3.8, 4) is 11.5 Å². The number of rotatable bonds is 2. The van der Waals surface area contributed by atoms with Gasteiger partial charge in [0.2, 0.25) is 0 Å². The van der Waals surface area contributed by atoms with E-state index in [1.165, 1.54) is 19.4 Å². The second-order valence-electron chi connectivity index (χ2n) is 3.89. The van der Waals surface area contributed by atoms with E-state index in [0.29, 0.717) is 11.0 Å². The molecule has 3 aromatic rings. The Morgan fingerprint density at radius 2 is 2.16 bits per heavy atom. The first kappa shape index (κ1) is 11.3. The summed E-state index contributed by atoms with van der Waals surface area (Å²) in [6.07, 6.45) is 1.70. The van der Waals surface area contributed by atoms with Gasteiger partial charge in [0.1, 0.15) is 33.6 Å². The maximum absolute atomic E-state index is 11.5. The van der Waals surface area contributed by atoms with Crippen LogP contribution in [-0.4, -0.2) is 18.5 Å². The van der Waals surface area contributed by atoms with Gasteiger partial charge in [-0.05, 0) is 6.07 Å². The summed E-state index contributed by atoms with van der Waals surface area (Å²) in [4.78, 5) is 22.4. The van der Waals surface area contributed by atoms with Gasteiger partial charge in [-0.25, -0.2) is 4.79 Å². The standard InChI is InChI=1S/C13H8O6/c1-17-12-6-2-3-18-8(6)4-9-10(12)11(15)7(5-14)13(16)19-9/h2-5,15H,1H3. The number of benzene rings is 1. The number of ether oxygens (including phenoxy) is 1. The average Bonchev–Trinajstić information content (AvgIpc) is 2.84. The highest BCUT2D eigenvalue weighted by molar-refractivity contribution is 6.05. The first-order valence-corrected chi connectivity index (χ1v) is 5.36. The van der Waals surface area contributed by atoms with Gasteiger partial charge in [-0.1, -0.05) is 0 Å². The summed E-state index contributed by atoms with van der Waals surface area (Å²) in [5.74, 6) is -0.174. The Kier molecular flexibility index (Phi) is 2.31. The van der Waals surface area contributed by atoms with Crippen LogP contribution in [0.25, 0.3) is 21.9 Å². The van der Waals surface area contributed by atoms with E-state index in [1.807, 2.05) is 0 Å². The summed E-state index contributed by atoms with van der Waals surface area (Å²) < 4.78 is 15.4. The van der Waals surface area contributed by atoms with Crippen LogP contribution in [0, 0.1) is 0 Å². The minimum Gasteiger partial charge on any atom is -0.506 e. The lowest BCUT2D eigenvalue weighted by molar-refractivity contribution is 0.111. The van der Waals surface area contributed by atoms with Crippen molar-refractivity contribution >= 4 is 28.2 Å². The molecule has 1 aromatic carbocycles. The molecular weight excluding hydrogens is 252 g/mol. The highest BCUT2D eigenvalue weighted by Gasteiger charge is 2.20. The maximum Gasteiger partial charge on any atom is 0.350 e. The van der Waals surface area contributed by atoms with Crippen molar-refractivity contribution in [3.63, 3.8) is 0 Å². The third-order valence-electron chi connectivity index (χ3n) is 2.91. The van der Waals surface area contributed by atoms with Crippen molar-refractivity contribution in [3.05, 3.63) is 34.4 Å². The zero-order chi connectivity index (χ0) is 13.6. The van der Waals surface area contributed by atoms with Gasteiger partial charge in [0.15, 0.2) is 6.29 Å². The van der Waals surface area contributed by atoms with Crippen molar-refractivity contribution < 1.29 is 23.5 Å². The maximum atomic E-state index is 11.5. The van der Waals surface area contributed by atoms with Gasteiger partial charge >= 0.3 is 5.63 Å². The molecule has 2 heterocycles. The normalized spacial score (nSPS) is 11.0. The predicted octanol–water partition coefficient (Wildman–Crippen LogP) is 2.07. The van der Waals surface area contributed by atoms with Crippen LogP contribution in [-0.2, 0) is 0 Å². The summed E-state index contributed by atoms with van der Waals surface area (Å²) in [7, 11) is 1.41. The molecule has 96 valence electrons. The summed E-state index contributed by atoms with van der Waals surface area (Å²) in [5.41, 5.74) is -0.806. The largest absolute Gasteiger partial charge is 0.506 e. The number of aromatic hydroxyl groups is 1. The number of fused-ring (bicyclic) bond motifs is 2. The van der Waals surface area contributed by atoms with Crippen LogP contribution in [0.15, 0.2) is 32.0 Å². The number of carbonyl (C=O) groups excluding carboxylic acids is 1. The first-order valence-electron chi connectivity index (χ1n) is 5.36. The van der Waals surface area contributed by atoms with Gasteiger partial charge in [-0.2, -0.15) is 0 Å². The Bertz CT molecular complexity index is 855. The lowest BCUT2D eigenvalue weighted by atomic mass is 10.1. The van der Waals surface area contributed by atoms with E-state index in [4.69, 9.17) is 13.6 Å². The zero-order valence-corrected chi connectivity index (χ0v) is 9.80. The van der Waals surface area contributed by atoms with Gasteiger partial charge in [0.25, 0.3) is 0 Å². The predicted molar refractivity (Wildman–Crippen MR) is 65.9 cm³/mol. The third-order valence-corrected chi connectivity index (χ3v) is 2.91. The molecule has 0 atom stereocenters. The molecular formula is C13H8O6. The number of aldehydes is 1. The molecule has 0 aliphatic carbocycles. The van der Waals surface area contributed by atoms with Crippen LogP contribution in [0.3, 0.4) is 0 Å². The fourth-order valence-corrected chi connectivity index (χ4v) is 2.07. The van der Waals surface area contributed by atoms with Gasteiger partial charge < -0.3 is 18.7 Å². The highest BCUT2D eigenvalue weighted by Crippen LogP contribution is 2.40. The third kappa shape index (κ3) is 1.43. The second kappa shape index (κ2) is 3.88. The molecule has 0 saturated heterocycles. The van der Waals surface area contributed by atoms with Crippen molar-refractivity contribution in [2.24, 2.45) is 0 Å².